The minimum atomic E-state index is -0.922. The van der Waals surface area contributed by atoms with Crippen LogP contribution in [0.5, 0.6) is 0 Å². The summed E-state index contributed by atoms with van der Waals surface area (Å²) in [6.07, 6.45) is -0.0996. The molecule has 3 aromatic rings. The van der Waals surface area contributed by atoms with Crippen molar-refractivity contribution >= 4 is 23.3 Å². The average Bonchev–Trinajstić information content (AvgIpc) is 3.12. The lowest BCUT2D eigenvalue weighted by molar-refractivity contribution is -0.136. The number of benzene rings is 2. The standard InChI is InChI=1S/C21H20N2O4/c1-23(2)17-8-6-15(7-9-17)18-10-11-19(27-18)21(26)22-16-5-3-4-14(12-16)13-20(24)25/h3-12H,13H2,1-2H3,(H,22,26)(H,24,25). The Morgan fingerprint density at radius 3 is 2.44 bits per heavy atom. The summed E-state index contributed by atoms with van der Waals surface area (Å²) in [7, 11) is 3.94. The second-order valence-electron chi connectivity index (χ2n) is 6.33. The maximum atomic E-state index is 12.4. The van der Waals surface area contributed by atoms with E-state index in [0.29, 0.717) is 17.0 Å². The SMILES string of the molecule is CN(C)c1ccc(-c2ccc(C(=O)Nc3cccc(CC(=O)O)c3)o2)cc1. The van der Waals surface area contributed by atoms with Crippen LogP contribution in [0.15, 0.2) is 65.1 Å². The minimum absolute atomic E-state index is 0.0996. The lowest BCUT2D eigenvalue weighted by atomic mass is 10.1. The molecule has 0 aliphatic carbocycles. The van der Waals surface area contributed by atoms with Crippen molar-refractivity contribution in [3.05, 3.63) is 72.0 Å². The number of nitrogens with zero attached hydrogens (tertiary/aromatic N) is 1. The van der Waals surface area contributed by atoms with Crippen LogP contribution in [0.1, 0.15) is 16.1 Å². The van der Waals surface area contributed by atoms with Crippen LogP contribution < -0.4 is 10.2 Å². The van der Waals surface area contributed by atoms with Gasteiger partial charge in [-0.05, 0) is 54.1 Å². The Balaban J connectivity index is 1.72. The van der Waals surface area contributed by atoms with Gasteiger partial charge in [0.2, 0.25) is 0 Å². The van der Waals surface area contributed by atoms with Gasteiger partial charge < -0.3 is 19.7 Å². The van der Waals surface area contributed by atoms with Crippen molar-refractivity contribution in [1.29, 1.82) is 0 Å². The molecule has 6 nitrogen and oxygen atoms in total. The summed E-state index contributed by atoms with van der Waals surface area (Å²) in [5.41, 5.74) is 3.08. The van der Waals surface area contributed by atoms with E-state index < -0.39 is 11.9 Å². The number of aliphatic carboxylic acids is 1. The molecule has 0 aliphatic heterocycles. The van der Waals surface area contributed by atoms with Crippen molar-refractivity contribution in [1.82, 2.24) is 0 Å². The van der Waals surface area contributed by atoms with Gasteiger partial charge in [0.05, 0.1) is 6.42 Å². The molecular weight excluding hydrogens is 344 g/mol. The second-order valence-corrected chi connectivity index (χ2v) is 6.33. The molecule has 0 bridgehead atoms. The summed E-state index contributed by atoms with van der Waals surface area (Å²) in [4.78, 5) is 25.2. The van der Waals surface area contributed by atoms with Crippen molar-refractivity contribution in [2.45, 2.75) is 6.42 Å². The molecule has 0 spiro atoms. The van der Waals surface area contributed by atoms with E-state index in [2.05, 4.69) is 5.32 Å². The van der Waals surface area contributed by atoms with E-state index in [1.165, 1.54) is 0 Å². The Bertz CT molecular complexity index is 958. The summed E-state index contributed by atoms with van der Waals surface area (Å²) < 4.78 is 5.68. The highest BCUT2D eigenvalue weighted by Crippen LogP contribution is 2.25. The zero-order chi connectivity index (χ0) is 19.4. The molecule has 1 aromatic heterocycles. The van der Waals surface area contributed by atoms with Gasteiger partial charge in [0.1, 0.15) is 5.76 Å². The van der Waals surface area contributed by atoms with Crippen molar-refractivity contribution in [2.24, 2.45) is 0 Å². The fourth-order valence-corrected chi connectivity index (χ4v) is 2.67. The van der Waals surface area contributed by atoms with Crippen LogP contribution >= 0.6 is 0 Å². The van der Waals surface area contributed by atoms with E-state index in [4.69, 9.17) is 9.52 Å². The van der Waals surface area contributed by atoms with E-state index >= 15 is 0 Å². The predicted octanol–water partition coefficient (Wildman–Crippen LogP) is 3.89. The summed E-state index contributed by atoms with van der Waals surface area (Å²) in [5, 5.41) is 11.6. The number of rotatable bonds is 6. The fourth-order valence-electron chi connectivity index (χ4n) is 2.67. The summed E-state index contributed by atoms with van der Waals surface area (Å²) in [6.45, 7) is 0. The third-order valence-corrected chi connectivity index (χ3v) is 4.04. The van der Waals surface area contributed by atoms with Crippen LogP contribution in [0.3, 0.4) is 0 Å². The highest BCUT2D eigenvalue weighted by atomic mass is 16.4. The maximum Gasteiger partial charge on any atom is 0.307 e. The Hall–Kier alpha value is -3.54. The smallest absolute Gasteiger partial charge is 0.307 e. The van der Waals surface area contributed by atoms with Gasteiger partial charge in [-0.1, -0.05) is 12.1 Å². The first kappa shape index (κ1) is 18.3. The van der Waals surface area contributed by atoms with Crippen LogP contribution in [0, 0.1) is 0 Å². The lowest BCUT2D eigenvalue weighted by Crippen LogP contribution is -2.11. The van der Waals surface area contributed by atoms with Crippen molar-refractivity contribution in [3.63, 3.8) is 0 Å². The van der Waals surface area contributed by atoms with Gasteiger partial charge in [-0.15, -0.1) is 0 Å². The molecule has 1 amide bonds. The molecule has 0 aliphatic rings. The number of hydrogen-bond acceptors (Lipinski definition) is 4. The van der Waals surface area contributed by atoms with Crippen LogP contribution in [0.2, 0.25) is 0 Å². The summed E-state index contributed by atoms with van der Waals surface area (Å²) >= 11 is 0. The van der Waals surface area contributed by atoms with Crippen LogP contribution in [0.25, 0.3) is 11.3 Å². The molecule has 0 radical (unpaired) electrons. The molecule has 6 heteroatoms. The van der Waals surface area contributed by atoms with Crippen molar-refractivity contribution in [3.8, 4) is 11.3 Å². The van der Waals surface area contributed by atoms with Gasteiger partial charge in [-0.25, -0.2) is 0 Å². The van der Waals surface area contributed by atoms with Crippen LogP contribution in [-0.4, -0.2) is 31.1 Å². The Morgan fingerprint density at radius 2 is 1.78 bits per heavy atom. The number of carbonyl (C=O) groups excluding carboxylic acids is 1. The first-order chi connectivity index (χ1) is 12.9. The van der Waals surface area contributed by atoms with Gasteiger partial charge >= 0.3 is 5.97 Å². The van der Waals surface area contributed by atoms with E-state index in [-0.39, 0.29) is 12.2 Å². The highest BCUT2D eigenvalue weighted by Gasteiger charge is 2.13. The molecular formula is C21H20N2O4. The fraction of sp³-hybridized carbons (Fsp3) is 0.143. The van der Waals surface area contributed by atoms with Crippen molar-refractivity contribution in [2.75, 3.05) is 24.3 Å². The number of hydrogen-bond donors (Lipinski definition) is 2. The molecule has 0 atom stereocenters. The second kappa shape index (κ2) is 7.78. The number of furan rings is 1. The van der Waals surface area contributed by atoms with Gasteiger partial charge in [-0.2, -0.15) is 0 Å². The Labute approximate surface area is 157 Å². The molecule has 0 saturated carbocycles. The quantitative estimate of drug-likeness (QED) is 0.693. The van der Waals surface area contributed by atoms with Crippen LogP contribution in [-0.2, 0) is 11.2 Å². The first-order valence-corrected chi connectivity index (χ1v) is 8.42. The third-order valence-electron chi connectivity index (χ3n) is 4.04. The molecule has 2 N–H and O–H groups in total. The predicted molar refractivity (Wildman–Crippen MR) is 104 cm³/mol. The zero-order valence-corrected chi connectivity index (χ0v) is 15.1. The largest absolute Gasteiger partial charge is 0.481 e. The topological polar surface area (TPSA) is 82.8 Å². The maximum absolute atomic E-state index is 12.4. The third kappa shape index (κ3) is 4.55. The molecule has 0 unspecified atom stereocenters. The molecule has 138 valence electrons. The first-order valence-electron chi connectivity index (χ1n) is 8.42. The highest BCUT2D eigenvalue weighted by molar-refractivity contribution is 6.02. The lowest BCUT2D eigenvalue weighted by Gasteiger charge is -2.12. The summed E-state index contributed by atoms with van der Waals surface area (Å²) in [5.74, 6) is -0.525. The number of anilines is 2. The van der Waals surface area contributed by atoms with Gasteiger partial charge in [0.25, 0.3) is 5.91 Å². The molecule has 0 saturated heterocycles. The molecule has 3 rings (SSSR count). The Morgan fingerprint density at radius 1 is 1.04 bits per heavy atom. The molecule has 27 heavy (non-hydrogen) atoms. The Kier molecular flexibility index (Phi) is 5.26. The van der Waals surface area contributed by atoms with E-state index in [0.717, 1.165) is 11.3 Å². The van der Waals surface area contributed by atoms with Gasteiger partial charge in [0.15, 0.2) is 5.76 Å². The zero-order valence-electron chi connectivity index (χ0n) is 15.1. The van der Waals surface area contributed by atoms with Crippen LogP contribution in [0.4, 0.5) is 11.4 Å². The monoisotopic (exact) mass is 364 g/mol. The number of carbonyl (C=O) groups is 2. The molecule has 2 aromatic carbocycles. The minimum Gasteiger partial charge on any atom is -0.481 e. The number of amides is 1. The summed E-state index contributed by atoms with van der Waals surface area (Å²) in [6, 6.07) is 17.9. The van der Waals surface area contributed by atoms with Gasteiger partial charge in [0, 0.05) is 31.0 Å². The number of carboxylic acids is 1. The molecule has 0 fully saturated rings. The van der Waals surface area contributed by atoms with E-state index in [9.17, 15) is 9.59 Å². The molecule has 1 heterocycles. The van der Waals surface area contributed by atoms with Gasteiger partial charge in [-0.3, -0.25) is 9.59 Å². The van der Waals surface area contributed by atoms with Crippen molar-refractivity contribution < 1.29 is 19.1 Å². The normalized spacial score (nSPS) is 10.4. The van der Waals surface area contributed by atoms with E-state index in [1.54, 1.807) is 36.4 Å². The average molecular weight is 364 g/mol. The number of carboxylic acid groups (broad SMARTS) is 1. The van der Waals surface area contributed by atoms with E-state index in [1.807, 2.05) is 43.3 Å². The number of nitrogens with one attached hydrogen (secondary N) is 1.